The quantitative estimate of drug-likeness (QED) is 0.0666. The predicted octanol–water partition coefficient (Wildman–Crippen LogP) is 13.5. The van der Waals surface area contributed by atoms with Crippen molar-refractivity contribution in [3.05, 3.63) is 223 Å². The minimum absolute atomic E-state index is 0.260. The third-order valence-corrected chi connectivity index (χ3v) is 10.1. The summed E-state index contributed by atoms with van der Waals surface area (Å²) in [6.45, 7) is 6.89. The largest absolute Gasteiger partial charge is 0.396 e. The second-order valence-electron chi connectivity index (χ2n) is 14.0. The zero-order valence-electron chi connectivity index (χ0n) is 33.7. The third-order valence-electron chi connectivity index (χ3n) is 10.1. The van der Waals surface area contributed by atoms with E-state index in [0.29, 0.717) is 12.2 Å². The highest BCUT2D eigenvalue weighted by molar-refractivity contribution is 6.17. The first-order chi connectivity index (χ1) is 28.5. The zero-order valence-corrected chi connectivity index (χ0v) is 33.7. The van der Waals surface area contributed by atoms with Gasteiger partial charge in [0, 0.05) is 41.0 Å². The van der Waals surface area contributed by atoms with Gasteiger partial charge in [0.05, 0.1) is 16.9 Å². The maximum Gasteiger partial charge on any atom is 0.0944 e. The lowest BCUT2D eigenvalue weighted by atomic mass is 9.90. The van der Waals surface area contributed by atoms with Crippen molar-refractivity contribution in [3.63, 3.8) is 0 Å². The lowest BCUT2D eigenvalue weighted by molar-refractivity contribution is 0.819. The zero-order chi connectivity index (χ0) is 40.5. The molecule has 7 aromatic carbocycles. The molecule has 0 bridgehead atoms. The van der Waals surface area contributed by atoms with E-state index in [2.05, 4.69) is 151 Å². The average Bonchev–Trinajstić information content (AvgIpc) is 3.29. The number of rotatable bonds is 9. The number of aromatic nitrogens is 1. The molecule has 0 saturated carbocycles. The Hall–Kier alpha value is -6.88. The minimum atomic E-state index is 0.260. The van der Waals surface area contributed by atoms with E-state index in [1.54, 1.807) is 12.4 Å². The first-order valence-electron chi connectivity index (χ1n) is 19.9. The molecule has 1 heterocycles. The monoisotopic (exact) mass is 756 g/mol. The number of pyridine rings is 1. The molecule has 4 heteroatoms. The van der Waals surface area contributed by atoms with Gasteiger partial charge in [0.15, 0.2) is 0 Å². The molecule has 4 N–H and O–H groups in total. The van der Waals surface area contributed by atoms with E-state index in [0.717, 1.165) is 33.8 Å². The summed E-state index contributed by atoms with van der Waals surface area (Å²) in [4.78, 5) is 9.03. The van der Waals surface area contributed by atoms with Crippen molar-refractivity contribution in [2.75, 3.05) is 12.3 Å². The van der Waals surface area contributed by atoms with Crippen LogP contribution in [0.25, 0.3) is 43.9 Å². The summed E-state index contributed by atoms with van der Waals surface area (Å²) < 4.78 is 0. The Morgan fingerprint density at radius 1 is 0.569 bits per heavy atom. The van der Waals surface area contributed by atoms with Gasteiger partial charge >= 0.3 is 0 Å². The molecule has 0 radical (unpaired) electrons. The lowest BCUT2D eigenvalue weighted by Gasteiger charge is -2.16. The molecule has 8 aromatic rings. The molecule has 0 aliphatic heterocycles. The van der Waals surface area contributed by atoms with Gasteiger partial charge in [0.25, 0.3) is 0 Å². The van der Waals surface area contributed by atoms with Crippen LogP contribution in [0.3, 0.4) is 0 Å². The van der Waals surface area contributed by atoms with Crippen LogP contribution in [0.2, 0.25) is 0 Å². The van der Waals surface area contributed by atoms with Gasteiger partial charge in [0.1, 0.15) is 0 Å². The smallest absolute Gasteiger partial charge is 0.0944 e. The molecule has 0 fully saturated rings. The lowest BCUT2D eigenvalue weighted by Crippen LogP contribution is -2.13. The van der Waals surface area contributed by atoms with E-state index in [4.69, 9.17) is 11.5 Å². The van der Waals surface area contributed by atoms with Crippen molar-refractivity contribution in [3.8, 4) is 22.3 Å². The highest BCUT2D eigenvalue weighted by atomic mass is 14.8. The number of nitrogen functional groups attached to an aromatic ring is 1. The Morgan fingerprint density at radius 3 is 1.72 bits per heavy atom. The molecule has 1 aromatic heterocycles. The maximum atomic E-state index is 6.33. The van der Waals surface area contributed by atoms with Crippen LogP contribution in [0.15, 0.2) is 205 Å². The van der Waals surface area contributed by atoms with Gasteiger partial charge in [-0.05, 0) is 77.4 Å². The van der Waals surface area contributed by atoms with Gasteiger partial charge < -0.3 is 11.5 Å². The van der Waals surface area contributed by atoms with E-state index >= 15 is 0 Å². The number of aryl methyl sites for hydroxylation is 2. The van der Waals surface area contributed by atoms with E-state index < -0.39 is 0 Å². The highest BCUT2D eigenvalue weighted by Gasteiger charge is 2.13. The van der Waals surface area contributed by atoms with Gasteiger partial charge in [-0.15, -0.1) is 0 Å². The second-order valence-corrected chi connectivity index (χ2v) is 14.0. The molecule has 0 spiro atoms. The van der Waals surface area contributed by atoms with Crippen LogP contribution in [0.4, 0.5) is 11.4 Å². The maximum absolute atomic E-state index is 6.33. The molecule has 58 heavy (non-hydrogen) atoms. The molecule has 0 saturated heterocycles. The number of nitrogens with two attached hydrogens (primary N) is 2. The van der Waals surface area contributed by atoms with Crippen LogP contribution in [0, 0.1) is 6.92 Å². The van der Waals surface area contributed by atoms with Crippen LogP contribution in [-0.4, -0.2) is 17.7 Å². The van der Waals surface area contributed by atoms with Crippen molar-refractivity contribution in [2.45, 2.75) is 33.1 Å². The van der Waals surface area contributed by atoms with Crippen LogP contribution in [-0.2, 0) is 6.42 Å². The number of fused-ring (bicyclic) bond motifs is 3. The molecular weight excluding hydrogens is 705 g/mol. The first kappa shape index (κ1) is 40.8. The summed E-state index contributed by atoms with van der Waals surface area (Å²) in [6, 6.07) is 59.0. The van der Waals surface area contributed by atoms with Crippen molar-refractivity contribution in [2.24, 2.45) is 10.7 Å². The van der Waals surface area contributed by atoms with E-state index in [1.165, 1.54) is 44.5 Å². The first-order valence-corrected chi connectivity index (χ1v) is 19.9. The van der Waals surface area contributed by atoms with Gasteiger partial charge in [-0.25, -0.2) is 0 Å². The molecule has 1 unspecified atom stereocenters. The SMILES string of the molecule is C/C=C\C=C/C=Nc1c(N)c2cccnc2c2ccccc12.CCc1ccc(-c2ccc(C)cc2)cc1.NCC(c1ccccc1)c1ccc(-c2ccccc2)cc1. The fraction of sp³-hybridized carbons (Fsp3) is 0.111. The Morgan fingerprint density at radius 2 is 1.10 bits per heavy atom. The number of hydrogen-bond acceptors (Lipinski definition) is 4. The molecule has 4 nitrogen and oxygen atoms in total. The molecule has 288 valence electrons. The molecule has 8 rings (SSSR count). The van der Waals surface area contributed by atoms with Crippen LogP contribution in [0.1, 0.15) is 42.0 Å². The standard InChI is InChI=1S/C20H19N.C19H17N3.C15H16/c21-15-20(18-9-5-2-6-10-18)19-13-11-17(12-14-19)16-7-3-1-4-8-16;1-2-3-4-7-12-22-19-15-10-6-5-9-14(15)18-16(17(19)20)11-8-13-21-18;1-3-13-6-10-15(11-7-13)14-8-4-12(2)5-9-14/h1-14,20H,15,21H2;2-13H,20H2,1H3;4-11H,3H2,1-2H3/b;3-2-,7-4-,22-12?;. The van der Waals surface area contributed by atoms with Crippen molar-refractivity contribution < 1.29 is 0 Å². The average molecular weight is 757 g/mol. The van der Waals surface area contributed by atoms with Crippen molar-refractivity contribution in [1.82, 2.24) is 4.98 Å². The number of aliphatic imine (C=N–C) groups is 1. The van der Waals surface area contributed by atoms with Crippen molar-refractivity contribution in [1.29, 1.82) is 0 Å². The van der Waals surface area contributed by atoms with Gasteiger partial charge in [-0.3, -0.25) is 9.98 Å². The predicted molar refractivity (Wildman–Crippen MR) is 251 cm³/mol. The van der Waals surface area contributed by atoms with Gasteiger partial charge in [0.2, 0.25) is 0 Å². The number of anilines is 1. The molecule has 1 atom stereocenters. The van der Waals surface area contributed by atoms with Crippen LogP contribution in [0.5, 0.6) is 0 Å². The van der Waals surface area contributed by atoms with E-state index in [-0.39, 0.29) is 5.92 Å². The molecule has 0 aliphatic rings. The van der Waals surface area contributed by atoms with E-state index in [9.17, 15) is 0 Å². The van der Waals surface area contributed by atoms with Gasteiger partial charge in [-0.2, -0.15) is 0 Å². The summed E-state index contributed by atoms with van der Waals surface area (Å²) in [5.41, 5.74) is 25.0. The number of hydrogen-bond donors (Lipinski definition) is 2. The Kier molecular flexibility index (Phi) is 14.7. The van der Waals surface area contributed by atoms with Crippen LogP contribution >= 0.6 is 0 Å². The molecule has 0 aliphatic carbocycles. The van der Waals surface area contributed by atoms with Crippen molar-refractivity contribution >= 4 is 39.3 Å². The van der Waals surface area contributed by atoms with Gasteiger partial charge in [-0.1, -0.05) is 188 Å². The normalized spacial score (nSPS) is 11.7. The highest BCUT2D eigenvalue weighted by Crippen LogP contribution is 2.39. The fourth-order valence-electron chi connectivity index (χ4n) is 6.85. The Labute approximate surface area is 344 Å². The Bertz CT molecular complexity index is 2570. The van der Waals surface area contributed by atoms with E-state index in [1.807, 2.05) is 73.7 Å². The molecule has 0 amide bonds. The summed E-state index contributed by atoms with van der Waals surface area (Å²) in [5, 5.41) is 3.02. The number of allylic oxidation sites excluding steroid dienone is 4. The van der Waals surface area contributed by atoms with Crippen LogP contribution < -0.4 is 11.5 Å². The fourth-order valence-corrected chi connectivity index (χ4v) is 6.85. The number of benzene rings is 7. The molecular formula is C54H52N4. The third kappa shape index (κ3) is 10.5. The topological polar surface area (TPSA) is 77.3 Å². The second kappa shape index (κ2) is 20.9. The summed E-state index contributed by atoms with van der Waals surface area (Å²) in [7, 11) is 0. The number of nitrogens with zero attached hydrogens (tertiary/aromatic N) is 2. The Balaban J connectivity index is 0.000000149. The summed E-state index contributed by atoms with van der Waals surface area (Å²) >= 11 is 0. The summed E-state index contributed by atoms with van der Waals surface area (Å²) in [6.07, 6.45) is 12.4. The summed E-state index contributed by atoms with van der Waals surface area (Å²) in [5.74, 6) is 0.260. The minimum Gasteiger partial charge on any atom is -0.396 e.